The average Bonchev–Trinajstić information content (AvgIpc) is 2.03. The molecule has 1 fully saturated rings. The van der Waals surface area contributed by atoms with Crippen LogP contribution in [0.5, 0.6) is 0 Å². The minimum atomic E-state index is 0.292. The van der Waals surface area contributed by atoms with Gasteiger partial charge in [0.25, 0.3) is 0 Å². The molecule has 0 aliphatic carbocycles. The Morgan fingerprint density at radius 3 is 2.92 bits per heavy atom. The van der Waals surface area contributed by atoms with E-state index in [0.717, 1.165) is 32.5 Å². The SMILES string of the molecule is CC(C)OCCN1CCCC(=O)C1. The summed E-state index contributed by atoms with van der Waals surface area (Å²) in [6, 6.07) is 0. The highest BCUT2D eigenvalue weighted by atomic mass is 16.5. The van der Waals surface area contributed by atoms with Crippen molar-refractivity contribution in [3.8, 4) is 0 Å². The van der Waals surface area contributed by atoms with Crippen molar-refractivity contribution in [3.05, 3.63) is 0 Å². The average molecular weight is 185 g/mol. The highest BCUT2D eigenvalue weighted by Gasteiger charge is 2.15. The van der Waals surface area contributed by atoms with Crippen LogP contribution in [0, 0.1) is 0 Å². The predicted molar refractivity (Wildman–Crippen MR) is 51.8 cm³/mol. The lowest BCUT2D eigenvalue weighted by molar-refractivity contribution is -0.122. The summed E-state index contributed by atoms with van der Waals surface area (Å²) in [5.74, 6) is 0.371. The van der Waals surface area contributed by atoms with Crippen LogP contribution < -0.4 is 0 Å². The Labute approximate surface area is 80.1 Å². The lowest BCUT2D eigenvalue weighted by Gasteiger charge is -2.25. The Morgan fingerprint density at radius 1 is 1.54 bits per heavy atom. The number of carbonyl (C=O) groups is 1. The fourth-order valence-corrected chi connectivity index (χ4v) is 1.52. The Morgan fingerprint density at radius 2 is 2.31 bits per heavy atom. The molecule has 0 spiro atoms. The first-order valence-corrected chi connectivity index (χ1v) is 5.04. The Kier molecular flexibility index (Phi) is 4.39. The number of Topliss-reactive ketones (excluding diaryl/α,β-unsaturated/α-hetero) is 1. The standard InChI is InChI=1S/C10H19NO2/c1-9(2)13-7-6-11-5-3-4-10(12)8-11/h9H,3-8H2,1-2H3. The van der Waals surface area contributed by atoms with E-state index in [1.807, 2.05) is 13.8 Å². The fourth-order valence-electron chi connectivity index (χ4n) is 1.52. The maximum atomic E-state index is 11.1. The molecule has 1 saturated heterocycles. The Hall–Kier alpha value is -0.410. The van der Waals surface area contributed by atoms with Gasteiger partial charge in [0.15, 0.2) is 0 Å². The summed E-state index contributed by atoms with van der Waals surface area (Å²) in [4.78, 5) is 13.3. The van der Waals surface area contributed by atoms with Crippen LogP contribution in [0.25, 0.3) is 0 Å². The molecule has 0 aromatic carbocycles. The number of hydrogen-bond acceptors (Lipinski definition) is 3. The van der Waals surface area contributed by atoms with E-state index in [4.69, 9.17) is 4.74 Å². The number of ketones is 1. The van der Waals surface area contributed by atoms with Crippen molar-refractivity contribution in [2.75, 3.05) is 26.2 Å². The largest absolute Gasteiger partial charge is 0.377 e. The van der Waals surface area contributed by atoms with E-state index in [2.05, 4.69) is 4.90 Å². The molecule has 1 aliphatic rings. The van der Waals surface area contributed by atoms with E-state index >= 15 is 0 Å². The summed E-state index contributed by atoms with van der Waals surface area (Å²) in [5, 5.41) is 0. The minimum Gasteiger partial charge on any atom is -0.377 e. The number of ether oxygens (including phenoxy) is 1. The summed E-state index contributed by atoms with van der Waals surface area (Å²) < 4.78 is 5.43. The van der Waals surface area contributed by atoms with Crippen molar-refractivity contribution >= 4 is 5.78 Å². The van der Waals surface area contributed by atoms with Gasteiger partial charge in [-0.05, 0) is 26.8 Å². The third kappa shape index (κ3) is 4.39. The molecule has 1 rings (SSSR count). The molecule has 3 heteroatoms. The highest BCUT2D eigenvalue weighted by Crippen LogP contribution is 2.05. The van der Waals surface area contributed by atoms with Crippen molar-refractivity contribution in [1.82, 2.24) is 4.90 Å². The smallest absolute Gasteiger partial charge is 0.146 e. The maximum Gasteiger partial charge on any atom is 0.146 e. The zero-order valence-electron chi connectivity index (χ0n) is 8.58. The molecule has 0 bridgehead atoms. The van der Waals surface area contributed by atoms with Gasteiger partial charge in [0, 0.05) is 13.0 Å². The fraction of sp³-hybridized carbons (Fsp3) is 0.900. The zero-order chi connectivity index (χ0) is 9.68. The molecule has 0 aromatic rings. The molecule has 0 aromatic heterocycles. The van der Waals surface area contributed by atoms with Crippen molar-refractivity contribution in [3.63, 3.8) is 0 Å². The number of hydrogen-bond donors (Lipinski definition) is 0. The summed E-state index contributed by atoms with van der Waals surface area (Å²) >= 11 is 0. The van der Waals surface area contributed by atoms with Gasteiger partial charge in [0.05, 0.1) is 19.3 Å². The molecule has 1 aliphatic heterocycles. The molecule has 0 N–H and O–H groups in total. The van der Waals surface area contributed by atoms with Crippen LogP contribution >= 0.6 is 0 Å². The molecular weight excluding hydrogens is 166 g/mol. The third-order valence-electron chi connectivity index (χ3n) is 2.19. The first-order chi connectivity index (χ1) is 6.18. The van der Waals surface area contributed by atoms with Gasteiger partial charge in [-0.3, -0.25) is 9.69 Å². The quantitative estimate of drug-likeness (QED) is 0.656. The summed E-state index contributed by atoms with van der Waals surface area (Å²) in [6.07, 6.45) is 2.07. The van der Waals surface area contributed by atoms with Crippen LogP contribution in [0.3, 0.4) is 0 Å². The predicted octanol–water partition coefficient (Wildman–Crippen LogP) is 1.08. The van der Waals surface area contributed by atoms with Crippen LogP contribution in [-0.4, -0.2) is 43.0 Å². The van der Waals surface area contributed by atoms with Crippen LogP contribution in [-0.2, 0) is 9.53 Å². The summed E-state index contributed by atoms with van der Waals surface area (Å²) in [7, 11) is 0. The molecule has 3 nitrogen and oxygen atoms in total. The first kappa shape index (κ1) is 10.7. The van der Waals surface area contributed by atoms with Gasteiger partial charge in [0.2, 0.25) is 0 Å². The van der Waals surface area contributed by atoms with Gasteiger partial charge >= 0.3 is 0 Å². The van der Waals surface area contributed by atoms with E-state index in [0.29, 0.717) is 18.4 Å². The van der Waals surface area contributed by atoms with Crippen LogP contribution in [0.15, 0.2) is 0 Å². The molecular formula is C10H19NO2. The number of likely N-dealkylation sites (tertiary alicyclic amines) is 1. The normalized spacial score (nSPS) is 19.8. The van der Waals surface area contributed by atoms with Crippen molar-refractivity contribution < 1.29 is 9.53 Å². The van der Waals surface area contributed by atoms with Gasteiger partial charge in [-0.15, -0.1) is 0 Å². The molecule has 0 amide bonds. The minimum absolute atomic E-state index is 0.292. The molecule has 13 heavy (non-hydrogen) atoms. The zero-order valence-corrected chi connectivity index (χ0v) is 8.58. The Balaban J connectivity index is 2.10. The van der Waals surface area contributed by atoms with Crippen LogP contribution in [0.1, 0.15) is 26.7 Å². The van der Waals surface area contributed by atoms with E-state index in [1.165, 1.54) is 0 Å². The van der Waals surface area contributed by atoms with Gasteiger partial charge in [-0.2, -0.15) is 0 Å². The van der Waals surface area contributed by atoms with E-state index < -0.39 is 0 Å². The lowest BCUT2D eigenvalue weighted by atomic mass is 10.1. The monoisotopic (exact) mass is 185 g/mol. The first-order valence-electron chi connectivity index (χ1n) is 5.04. The van der Waals surface area contributed by atoms with E-state index in [9.17, 15) is 4.79 Å². The third-order valence-corrected chi connectivity index (χ3v) is 2.19. The van der Waals surface area contributed by atoms with Crippen molar-refractivity contribution in [2.24, 2.45) is 0 Å². The molecule has 1 heterocycles. The Bertz CT molecular complexity index is 168. The second kappa shape index (κ2) is 5.35. The van der Waals surface area contributed by atoms with Gasteiger partial charge in [0.1, 0.15) is 5.78 Å². The molecule has 0 radical (unpaired) electrons. The van der Waals surface area contributed by atoms with Crippen molar-refractivity contribution in [1.29, 1.82) is 0 Å². The van der Waals surface area contributed by atoms with Gasteiger partial charge in [-0.25, -0.2) is 0 Å². The van der Waals surface area contributed by atoms with Crippen LogP contribution in [0.4, 0.5) is 0 Å². The maximum absolute atomic E-state index is 11.1. The van der Waals surface area contributed by atoms with Crippen LogP contribution in [0.2, 0.25) is 0 Å². The lowest BCUT2D eigenvalue weighted by Crippen LogP contribution is -2.37. The number of carbonyl (C=O) groups excluding carboxylic acids is 1. The number of piperidine rings is 1. The van der Waals surface area contributed by atoms with Crippen molar-refractivity contribution in [2.45, 2.75) is 32.8 Å². The topological polar surface area (TPSA) is 29.5 Å². The van der Waals surface area contributed by atoms with Gasteiger partial charge < -0.3 is 4.74 Å². The second-order valence-corrected chi connectivity index (χ2v) is 3.84. The van der Waals surface area contributed by atoms with E-state index in [-0.39, 0.29) is 0 Å². The highest BCUT2D eigenvalue weighted by molar-refractivity contribution is 5.81. The molecule has 0 atom stereocenters. The second-order valence-electron chi connectivity index (χ2n) is 3.84. The molecule has 0 unspecified atom stereocenters. The molecule has 76 valence electrons. The number of nitrogens with zero attached hydrogens (tertiary/aromatic N) is 1. The summed E-state index contributed by atoms with van der Waals surface area (Å²) in [5.41, 5.74) is 0. The summed E-state index contributed by atoms with van der Waals surface area (Å²) in [6.45, 7) is 7.37. The molecule has 0 saturated carbocycles. The number of rotatable bonds is 4. The van der Waals surface area contributed by atoms with E-state index in [1.54, 1.807) is 0 Å². The van der Waals surface area contributed by atoms with Gasteiger partial charge in [-0.1, -0.05) is 0 Å².